The van der Waals surface area contributed by atoms with Gasteiger partial charge in [0.1, 0.15) is 0 Å². The third-order valence-corrected chi connectivity index (χ3v) is 6.45. The molecule has 32 heavy (non-hydrogen) atoms. The minimum Gasteiger partial charge on any atom is -0.342 e. The van der Waals surface area contributed by atoms with E-state index >= 15 is 0 Å². The summed E-state index contributed by atoms with van der Waals surface area (Å²) in [6.07, 6.45) is 4.04. The Bertz CT molecular complexity index is 1370. The zero-order valence-electron chi connectivity index (χ0n) is 17.4. The van der Waals surface area contributed by atoms with Crippen LogP contribution in [0, 0.1) is 6.92 Å². The number of hydrogen-bond acceptors (Lipinski definition) is 3. The molecule has 0 unspecified atom stereocenters. The van der Waals surface area contributed by atoms with E-state index in [1.165, 1.54) is 17.3 Å². The number of hydrogen-bond donors (Lipinski definition) is 1. The molecule has 0 spiro atoms. The summed E-state index contributed by atoms with van der Waals surface area (Å²) in [5.41, 5.74) is 5.27. The van der Waals surface area contributed by atoms with Crippen molar-refractivity contribution >= 4 is 57.1 Å². The van der Waals surface area contributed by atoms with Crippen LogP contribution in [0.2, 0.25) is 5.02 Å². The van der Waals surface area contributed by atoms with Crippen molar-refractivity contribution < 1.29 is 4.79 Å². The van der Waals surface area contributed by atoms with E-state index < -0.39 is 0 Å². The first-order valence-electron chi connectivity index (χ1n) is 10.2. The average Bonchev–Trinajstić information content (AvgIpc) is 3.31. The van der Waals surface area contributed by atoms with E-state index in [0.29, 0.717) is 10.1 Å². The van der Waals surface area contributed by atoms with Gasteiger partial charge in [0.2, 0.25) is 0 Å². The van der Waals surface area contributed by atoms with Crippen LogP contribution in [0.4, 0.5) is 5.69 Å². The fourth-order valence-corrected chi connectivity index (χ4v) is 4.62. The number of amides is 1. The molecule has 0 bridgehead atoms. The standard InChI is InChI=1S/C26H20ClN3OS/c1-17-6-12-21(13-7-17)28-26-29-25(31)24(32-26)14-19-16-30(23-5-3-2-4-22(19)23)15-18-8-10-20(27)11-9-18/h2-14,16H,15H2,1H3,(H,28,29,31)/b24-14-. The van der Waals surface area contributed by atoms with Gasteiger partial charge in [0, 0.05) is 34.2 Å². The maximum atomic E-state index is 12.6. The molecule has 1 amide bonds. The molecule has 2 heterocycles. The minimum atomic E-state index is -0.129. The van der Waals surface area contributed by atoms with Crippen LogP contribution in [0.15, 0.2) is 88.9 Å². The Kier molecular flexibility index (Phi) is 5.60. The molecular weight excluding hydrogens is 438 g/mol. The molecule has 6 heteroatoms. The molecule has 1 aliphatic rings. The van der Waals surface area contributed by atoms with Gasteiger partial charge in [-0.3, -0.25) is 4.79 Å². The lowest BCUT2D eigenvalue weighted by molar-refractivity contribution is -0.115. The summed E-state index contributed by atoms with van der Waals surface area (Å²) in [5.74, 6) is -0.129. The van der Waals surface area contributed by atoms with Gasteiger partial charge in [-0.1, -0.05) is 59.6 Å². The maximum absolute atomic E-state index is 12.6. The first-order chi connectivity index (χ1) is 15.5. The summed E-state index contributed by atoms with van der Waals surface area (Å²) >= 11 is 7.39. The van der Waals surface area contributed by atoms with E-state index in [1.54, 1.807) is 0 Å². The van der Waals surface area contributed by atoms with Crippen LogP contribution in [0.3, 0.4) is 0 Å². The number of para-hydroxylation sites is 1. The van der Waals surface area contributed by atoms with Gasteiger partial charge in [-0.05, 0) is 60.7 Å². The SMILES string of the molecule is Cc1ccc(N=C2NC(=O)/C(=C/c3cn(Cc4ccc(Cl)cc4)c4ccccc34)S2)cc1. The number of benzene rings is 3. The highest BCUT2D eigenvalue weighted by Crippen LogP contribution is 2.31. The number of aromatic nitrogens is 1. The van der Waals surface area contributed by atoms with E-state index in [1.807, 2.05) is 73.7 Å². The fourth-order valence-electron chi connectivity index (χ4n) is 3.67. The minimum absolute atomic E-state index is 0.129. The van der Waals surface area contributed by atoms with Crippen LogP contribution in [-0.2, 0) is 11.3 Å². The first kappa shape index (κ1) is 20.6. The molecule has 3 aromatic carbocycles. The Morgan fingerprint density at radius 2 is 1.78 bits per heavy atom. The Morgan fingerprint density at radius 1 is 1.03 bits per heavy atom. The number of aliphatic imine (C=N–C) groups is 1. The molecule has 1 aromatic heterocycles. The summed E-state index contributed by atoms with van der Waals surface area (Å²) in [6, 6.07) is 24.0. The molecular formula is C26H20ClN3OS. The number of rotatable bonds is 4. The van der Waals surface area contributed by atoms with Gasteiger partial charge in [0.15, 0.2) is 5.17 Å². The average molecular weight is 458 g/mol. The lowest BCUT2D eigenvalue weighted by Gasteiger charge is -2.05. The van der Waals surface area contributed by atoms with Crippen molar-refractivity contribution in [2.45, 2.75) is 13.5 Å². The number of aryl methyl sites for hydroxylation is 1. The lowest BCUT2D eigenvalue weighted by atomic mass is 10.1. The Labute approximate surface area is 195 Å². The highest BCUT2D eigenvalue weighted by atomic mass is 35.5. The predicted octanol–water partition coefficient (Wildman–Crippen LogP) is 6.54. The summed E-state index contributed by atoms with van der Waals surface area (Å²) in [5, 5.41) is 5.30. The number of nitrogens with one attached hydrogen (secondary N) is 1. The van der Waals surface area contributed by atoms with Crippen LogP contribution in [0.1, 0.15) is 16.7 Å². The van der Waals surface area contributed by atoms with Crippen LogP contribution in [0.5, 0.6) is 0 Å². The molecule has 0 atom stereocenters. The lowest BCUT2D eigenvalue weighted by Crippen LogP contribution is -2.19. The monoisotopic (exact) mass is 457 g/mol. The smallest absolute Gasteiger partial charge is 0.264 e. The van der Waals surface area contributed by atoms with Crippen molar-refractivity contribution in [3.63, 3.8) is 0 Å². The van der Waals surface area contributed by atoms with E-state index in [4.69, 9.17) is 11.6 Å². The number of amidine groups is 1. The Balaban J connectivity index is 1.46. The van der Waals surface area contributed by atoms with Crippen LogP contribution in [0.25, 0.3) is 17.0 Å². The number of carbonyl (C=O) groups excluding carboxylic acids is 1. The summed E-state index contributed by atoms with van der Waals surface area (Å²) in [6.45, 7) is 2.76. The van der Waals surface area contributed by atoms with Gasteiger partial charge in [-0.15, -0.1) is 0 Å². The molecule has 0 saturated carbocycles. The largest absolute Gasteiger partial charge is 0.342 e. The zero-order valence-corrected chi connectivity index (χ0v) is 19.0. The van der Waals surface area contributed by atoms with E-state index in [0.717, 1.165) is 39.3 Å². The van der Waals surface area contributed by atoms with Crippen molar-refractivity contribution in [1.82, 2.24) is 9.88 Å². The number of thioether (sulfide) groups is 1. The zero-order chi connectivity index (χ0) is 22.1. The topological polar surface area (TPSA) is 46.4 Å². The van der Waals surface area contributed by atoms with Gasteiger partial charge in [-0.25, -0.2) is 4.99 Å². The molecule has 4 aromatic rings. The number of nitrogens with zero attached hydrogens (tertiary/aromatic N) is 2. The van der Waals surface area contributed by atoms with Crippen LogP contribution in [-0.4, -0.2) is 15.6 Å². The Morgan fingerprint density at radius 3 is 2.56 bits per heavy atom. The fraction of sp³-hybridized carbons (Fsp3) is 0.0769. The van der Waals surface area contributed by atoms with Gasteiger partial charge in [-0.2, -0.15) is 0 Å². The molecule has 1 fully saturated rings. The van der Waals surface area contributed by atoms with Crippen molar-refractivity contribution in [2.24, 2.45) is 4.99 Å². The van der Waals surface area contributed by atoms with Gasteiger partial charge in [0.05, 0.1) is 10.6 Å². The number of fused-ring (bicyclic) bond motifs is 1. The first-order valence-corrected chi connectivity index (χ1v) is 11.4. The molecule has 0 aliphatic carbocycles. The van der Waals surface area contributed by atoms with Crippen LogP contribution < -0.4 is 5.32 Å². The normalized spacial score (nSPS) is 16.2. The van der Waals surface area contributed by atoms with Crippen molar-refractivity contribution in [2.75, 3.05) is 0 Å². The summed E-state index contributed by atoms with van der Waals surface area (Å²) < 4.78 is 2.20. The quantitative estimate of drug-likeness (QED) is 0.353. The van der Waals surface area contributed by atoms with Gasteiger partial charge in [0.25, 0.3) is 5.91 Å². The summed E-state index contributed by atoms with van der Waals surface area (Å²) in [4.78, 5) is 17.8. The predicted molar refractivity (Wildman–Crippen MR) is 134 cm³/mol. The van der Waals surface area contributed by atoms with Crippen LogP contribution >= 0.6 is 23.4 Å². The molecule has 5 rings (SSSR count). The molecule has 1 saturated heterocycles. The third kappa shape index (κ3) is 4.35. The van der Waals surface area contributed by atoms with Crippen molar-refractivity contribution in [3.8, 4) is 0 Å². The molecule has 1 N–H and O–H groups in total. The highest BCUT2D eigenvalue weighted by Gasteiger charge is 2.24. The van der Waals surface area contributed by atoms with Crippen molar-refractivity contribution in [1.29, 1.82) is 0 Å². The second kappa shape index (κ2) is 8.69. The molecule has 1 aliphatic heterocycles. The molecule has 4 nitrogen and oxygen atoms in total. The summed E-state index contributed by atoms with van der Waals surface area (Å²) in [7, 11) is 0. The van der Waals surface area contributed by atoms with E-state index in [2.05, 4.69) is 33.2 Å². The van der Waals surface area contributed by atoms with E-state index in [-0.39, 0.29) is 5.91 Å². The van der Waals surface area contributed by atoms with E-state index in [9.17, 15) is 4.79 Å². The molecule has 158 valence electrons. The second-order valence-electron chi connectivity index (χ2n) is 7.67. The molecule has 0 radical (unpaired) electrons. The van der Waals surface area contributed by atoms with Crippen molar-refractivity contribution in [3.05, 3.63) is 106 Å². The second-order valence-corrected chi connectivity index (χ2v) is 9.14. The highest BCUT2D eigenvalue weighted by molar-refractivity contribution is 8.18. The Hall–Kier alpha value is -3.28. The number of carbonyl (C=O) groups is 1. The maximum Gasteiger partial charge on any atom is 0.264 e. The van der Waals surface area contributed by atoms with Gasteiger partial charge < -0.3 is 9.88 Å². The number of halogens is 1. The third-order valence-electron chi connectivity index (χ3n) is 5.29. The van der Waals surface area contributed by atoms with Gasteiger partial charge >= 0.3 is 0 Å².